The van der Waals surface area contributed by atoms with Crippen molar-refractivity contribution >= 4 is 11.3 Å². The Bertz CT molecular complexity index is 214. The highest BCUT2D eigenvalue weighted by molar-refractivity contribution is 7.09. The molecule has 1 atom stereocenters. The Hall–Kier alpha value is -0.410. The second-order valence-electron chi connectivity index (χ2n) is 3.38. The van der Waals surface area contributed by atoms with Gasteiger partial charge in [0.15, 0.2) is 0 Å². The molecule has 2 nitrogen and oxygen atoms in total. The summed E-state index contributed by atoms with van der Waals surface area (Å²) in [5.41, 5.74) is 1.92. The monoisotopic (exact) mass is 182 g/mol. The van der Waals surface area contributed by atoms with Crippen LogP contribution in [0.15, 0.2) is 11.7 Å². The number of nitrogens with one attached hydrogen (secondary N) is 1. The number of rotatable bonds is 2. The minimum atomic E-state index is 0.846. The molecule has 1 aromatic heterocycles. The predicted octanol–water partition coefficient (Wildman–Crippen LogP) is 1.69. The van der Waals surface area contributed by atoms with Crippen LogP contribution in [-0.2, 0) is 6.42 Å². The van der Waals surface area contributed by atoms with Crippen molar-refractivity contribution in [3.8, 4) is 0 Å². The molecule has 0 saturated carbocycles. The third-order valence-corrected chi connectivity index (χ3v) is 3.17. The van der Waals surface area contributed by atoms with Crippen LogP contribution in [0.5, 0.6) is 0 Å². The van der Waals surface area contributed by atoms with Crippen LogP contribution in [0.25, 0.3) is 0 Å². The summed E-state index contributed by atoms with van der Waals surface area (Å²) in [7, 11) is 0. The summed E-state index contributed by atoms with van der Waals surface area (Å²) in [4.78, 5) is 5.52. The smallest absolute Gasteiger partial charge is 0.0794 e. The van der Waals surface area contributed by atoms with Crippen LogP contribution in [-0.4, -0.2) is 18.1 Å². The molecule has 1 aliphatic rings. The number of hydrogen-bond donors (Lipinski definition) is 1. The first kappa shape index (κ1) is 8.20. The molecule has 1 saturated heterocycles. The van der Waals surface area contributed by atoms with Crippen LogP contribution in [0.1, 0.15) is 17.7 Å². The standard InChI is InChI=1S/C9H14N2S/c1-2-8(5-10-3-1)4-9-6-11-7-12-9/h6-8,10H,1-5H2. The maximum Gasteiger partial charge on any atom is 0.0794 e. The quantitative estimate of drug-likeness (QED) is 0.753. The average Bonchev–Trinajstić information content (AvgIpc) is 2.59. The molecule has 0 amide bonds. The molecule has 12 heavy (non-hydrogen) atoms. The van der Waals surface area contributed by atoms with Crippen molar-refractivity contribution in [3.05, 3.63) is 16.6 Å². The third kappa shape index (κ3) is 2.05. The van der Waals surface area contributed by atoms with Crippen LogP contribution in [0, 0.1) is 5.92 Å². The Labute approximate surface area is 77.0 Å². The molecule has 2 heterocycles. The number of aromatic nitrogens is 1. The van der Waals surface area contributed by atoms with E-state index in [4.69, 9.17) is 0 Å². The summed E-state index contributed by atoms with van der Waals surface area (Å²) in [6.45, 7) is 2.40. The second kappa shape index (κ2) is 4.01. The van der Waals surface area contributed by atoms with E-state index in [1.165, 1.54) is 37.2 Å². The minimum absolute atomic E-state index is 0.846. The van der Waals surface area contributed by atoms with E-state index in [9.17, 15) is 0 Å². The fourth-order valence-electron chi connectivity index (χ4n) is 1.73. The van der Waals surface area contributed by atoms with Crippen molar-refractivity contribution in [1.82, 2.24) is 10.3 Å². The van der Waals surface area contributed by atoms with E-state index in [0.29, 0.717) is 0 Å². The van der Waals surface area contributed by atoms with Gasteiger partial charge in [0.05, 0.1) is 5.51 Å². The van der Waals surface area contributed by atoms with Gasteiger partial charge in [0, 0.05) is 11.1 Å². The van der Waals surface area contributed by atoms with E-state index in [1.54, 1.807) is 11.3 Å². The lowest BCUT2D eigenvalue weighted by Gasteiger charge is -2.21. The van der Waals surface area contributed by atoms with Gasteiger partial charge in [0.25, 0.3) is 0 Å². The second-order valence-corrected chi connectivity index (χ2v) is 4.36. The first-order chi connectivity index (χ1) is 5.95. The molecule has 0 bridgehead atoms. The Kier molecular flexibility index (Phi) is 2.74. The molecule has 3 heteroatoms. The number of hydrogen-bond acceptors (Lipinski definition) is 3. The molecule has 2 rings (SSSR count). The Morgan fingerprint density at radius 3 is 3.33 bits per heavy atom. The molecule has 0 spiro atoms. The van der Waals surface area contributed by atoms with Gasteiger partial charge in [-0.3, -0.25) is 4.98 Å². The van der Waals surface area contributed by atoms with Crippen molar-refractivity contribution in [3.63, 3.8) is 0 Å². The van der Waals surface area contributed by atoms with Crippen LogP contribution >= 0.6 is 11.3 Å². The van der Waals surface area contributed by atoms with Crippen LogP contribution < -0.4 is 5.32 Å². The molecule has 1 aliphatic heterocycles. The SMILES string of the molecule is c1ncc(CC2CCCNC2)s1. The summed E-state index contributed by atoms with van der Waals surface area (Å²) < 4.78 is 0. The average molecular weight is 182 g/mol. The third-order valence-electron chi connectivity index (χ3n) is 2.37. The summed E-state index contributed by atoms with van der Waals surface area (Å²) in [6.07, 6.45) is 5.94. The van der Waals surface area contributed by atoms with Crippen molar-refractivity contribution in [2.75, 3.05) is 13.1 Å². The van der Waals surface area contributed by atoms with Gasteiger partial charge in [0.2, 0.25) is 0 Å². The molecular weight excluding hydrogens is 168 g/mol. The van der Waals surface area contributed by atoms with Gasteiger partial charge in [0.1, 0.15) is 0 Å². The summed E-state index contributed by atoms with van der Waals surface area (Å²) in [5.74, 6) is 0.846. The first-order valence-electron chi connectivity index (χ1n) is 4.53. The summed E-state index contributed by atoms with van der Waals surface area (Å²) in [5, 5.41) is 3.43. The van der Waals surface area contributed by atoms with Crippen LogP contribution in [0.3, 0.4) is 0 Å². The lowest BCUT2D eigenvalue weighted by Crippen LogP contribution is -2.30. The summed E-state index contributed by atoms with van der Waals surface area (Å²) in [6, 6.07) is 0. The summed E-state index contributed by atoms with van der Waals surface area (Å²) >= 11 is 1.78. The highest BCUT2D eigenvalue weighted by atomic mass is 32.1. The van der Waals surface area contributed by atoms with Gasteiger partial charge in [-0.15, -0.1) is 11.3 Å². The van der Waals surface area contributed by atoms with E-state index >= 15 is 0 Å². The van der Waals surface area contributed by atoms with Gasteiger partial charge < -0.3 is 5.32 Å². The highest BCUT2D eigenvalue weighted by Crippen LogP contribution is 2.18. The van der Waals surface area contributed by atoms with Crippen molar-refractivity contribution in [2.45, 2.75) is 19.3 Å². The maximum absolute atomic E-state index is 4.09. The van der Waals surface area contributed by atoms with Crippen molar-refractivity contribution in [2.24, 2.45) is 5.92 Å². The number of nitrogens with zero attached hydrogens (tertiary/aromatic N) is 1. The van der Waals surface area contributed by atoms with Crippen molar-refractivity contribution in [1.29, 1.82) is 0 Å². The van der Waals surface area contributed by atoms with Gasteiger partial charge in [-0.1, -0.05) is 0 Å². The Morgan fingerprint density at radius 2 is 2.67 bits per heavy atom. The van der Waals surface area contributed by atoms with E-state index in [1.807, 2.05) is 11.7 Å². The zero-order valence-electron chi connectivity index (χ0n) is 7.12. The predicted molar refractivity (Wildman–Crippen MR) is 51.4 cm³/mol. The normalized spacial score (nSPS) is 24.2. The van der Waals surface area contributed by atoms with Crippen LogP contribution in [0.2, 0.25) is 0 Å². The van der Waals surface area contributed by atoms with E-state index in [2.05, 4.69) is 10.3 Å². The van der Waals surface area contributed by atoms with E-state index in [-0.39, 0.29) is 0 Å². The fraction of sp³-hybridized carbons (Fsp3) is 0.667. The Morgan fingerprint density at radius 1 is 1.67 bits per heavy atom. The molecule has 0 radical (unpaired) electrons. The van der Waals surface area contributed by atoms with Gasteiger partial charge >= 0.3 is 0 Å². The molecule has 1 fully saturated rings. The fourth-order valence-corrected chi connectivity index (χ4v) is 2.44. The molecule has 0 aliphatic carbocycles. The number of thiazole rings is 1. The van der Waals surface area contributed by atoms with Crippen molar-refractivity contribution < 1.29 is 0 Å². The molecular formula is C9H14N2S. The van der Waals surface area contributed by atoms with Gasteiger partial charge in [-0.25, -0.2) is 0 Å². The zero-order valence-corrected chi connectivity index (χ0v) is 7.94. The topological polar surface area (TPSA) is 24.9 Å². The lowest BCUT2D eigenvalue weighted by atomic mass is 9.96. The molecule has 66 valence electrons. The van der Waals surface area contributed by atoms with E-state index < -0.39 is 0 Å². The Balaban J connectivity index is 1.86. The minimum Gasteiger partial charge on any atom is -0.316 e. The van der Waals surface area contributed by atoms with Gasteiger partial charge in [-0.05, 0) is 38.3 Å². The largest absolute Gasteiger partial charge is 0.316 e. The zero-order chi connectivity index (χ0) is 8.23. The van der Waals surface area contributed by atoms with Crippen LogP contribution in [0.4, 0.5) is 0 Å². The van der Waals surface area contributed by atoms with Gasteiger partial charge in [-0.2, -0.15) is 0 Å². The molecule has 0 aromatic carbocycles. The molecule has 1 unspecified atom stereocenters. The lowest BCUT2D eigenvalue weighted by molar-refractivity contribution is 0.377. The first-order valence-corrected chi connectivity index (χ1v) is 5.41. The van der Waals surface area contributed by atoms with E-state index in [0.717, 1.165) is 5.92 Å². The number of piperidine rings is 1. The molecule has 1 aromatic rings. The highest BCUT2D eigenvalue weighted by Gasteiger charge is 2.13. The molecule has 1 N–H and O–H groups in total. The maximum atomic E-state index is 4.09.